The van der Waals surface area contributed by atoms with E-state index in [0.717, 1.165) is 30.3 Å². The number of nitrogens with one attached hydrogen (secondary N) is 1. The van der Waals surface area contributed by atoms with E-state index in [-0.39, 0.29) is 12.2 Å². The van der Waals surface area contributed by atoms with Crippen LogP contribution >= 0.6 is 11.3 Å². The number of thiazole rings is 1. The molecule has 0 aliphatic heterocycles. The van der Waals surface area contributed by atoms with Crippen LogP contribution in [0.2, 0.25) is 0 Å². The fourth-order valence-corrected chi connectivity index (χ4v) is 4.81. The second-order valence-electron chi connectivity index (χ2n) is 7.48. The molecule has 1 saturated carbocycles. The molecule has 3 aromatic rings. The first-order chi connectivity index (χ1) is 13.6. The predicted molar refractivity (Wildman–Crippen MR) is 110 cm³/mol. The molecule has 1 fully saturated rings. The smallest absolute Gasteiger partial charge is 0.307 e. The highest BCUT2D eigenvalue weighted by Crippen LogP contribution is 2.31. The number of benzene rings is 1. The second kappa shape index (κ2) is 8.22. The van der Waals surface area contributed by atoms with Gasteiger partial charge in [-0.15, -0.1) is 11.3 Å². The third kappa shape index (κ3) is 3.85. The maximum atomic E-state index is 13.2. The van der Waals surface area contributed by atoms with Crippen LogP contribution in [0, 0.1) is 5.92 Å². The summed E-state index contributed by atoms with van der Waals surface area (Å²) in [6.07, 6.45) is 7.92. The number of carbonyl (C=O) groups excluding carboxylic acids is 1. The first-order valence-corrected chi connectivity index (χ1v) is 10.7. The molecular formula is C21H23N3O3S. The van der Waals surface area contributed by atoms with Gasteiger partial charge in [-0.2, -0.15) is 0 Å². The fourth-order valence-electron chi connectivity index (χ4n) is 4.19. The Balaban J connectivity index is 1.75. The van der Waals surface area contributed by atoms with Gasteiger partial charge in [0.05, 0.1) is 22.3 Å². The molecule has 1 aromatic carbocycles. The highest BCUT2D eigenvalue weighted by molar-refractivity contribution is 7.09. The van der Waals surface area contributed by atoms with E-state index in [1.807, 2.05) is 5.38 Å². The molecule has 0 radical (unpaired) electrons. The minimum Gasteiger partial charge on any atom is -0.307 e. The van der Waals surface area contributed by atoms with Crippen LogP contribution in [-0.4, -0.2) is 20.3 Å². The Morgan fingerprint density at radius 3 is 2.75 bits per heavy atom. The Hall–Kier alpha value is -2.54. The molecule has 7 heteroatoms. The summed E-state index contributed by atoms with van der Waals surface area (Å²) in [5.74, 6) is 0.236. The second-order valence-corrected chi connectivity index (χ2v) is 8.45. The number of nitrogens with zero attached hydrogens (tertiary/aromatic N) is 2. The Morgan fingerprint density at radius 1 is 1.21 bits per heavy atom. The Kier molecular flexibility index (Phi) is 5.52. The first-order valence-electron chi connectivity index (χ1n) is 9.78. The van der Waals surface area contributed by atoms with Crippen LogP contribution in [0.3, 0.4) is 0 Å². The van der Waals surface area contributed by atoms with Crippen molar-refractivity contribution in [2.75, 3.05) is 0 Å². The number of carbonyl (C=O) groups is 1. The monoisotopic (exact) mass is 397 g/mol. The highest BCUT2D eigenvalue weighted by Gasteiger charge is 2.29. The topological polar surface area (TPSA) is 84.8 Å². The van der Waals surface area contributed by atoms with Crippen molar-refractivity contribution in [3.63, 3.8) is 0 Å². The van der Waals surface area contributed by atoms with Crippen LogP contribution in [0.1, 0.15) is 49.6 Å². The van der Waals surface area contributed by atoms with Crippen LogP contribution < -0.4 is 11.2 Å². The summed E-state index contributed by atoms with van der Waals surface area (Å²) in [6, 6.07) is 6.17. The molecule has 28 heavy (non-hydrogen) atoms. The number of fused-ring (bicyclic) bond motifs is 1. The van der Waals surface area contributed by atoms with Crippen molar-refractivity contribution in [2.24, 2.45) is 5.92 Å². The van der Waals surface area contributed by atoms with Crippen molar-refractivity contribution in [3.8, 4) is 0 Å². The predicted octanol–water partition coefficient (Wildman–Crippen LogP) is 3.47. The zero-order valence-electron chi connectivity index (χ0n) is 15.6. The van der Waals surface area contributed by atoms with Gasteiger partial charge in [-0.05, 0) is 24.5 Å². The minimum atomic E-state index is -0.757. The summed E-state index contributed by atoms with van der Waals surface area (Å²) in [7, 11) is 0. The zero-order valence-corrected chi connectivity index (χ0v) is 16.4. The summed E-state index contributed by atoms with van der Waals surface area (Å²) in [4.78, 5) is 46.1. The number of H-pyrrole nitrogens is 1. The summed E-state index contributed by atoms with van der Waals surface area (Å²) in [5.41, 5.74) is -0.415. The SMILES string of the molecule is O=C(Cc1nccs1)C(CC1CCCCC1)n1c(=O)[nH]c2ccccc2c1=O. The van der Waals surface area contributed by atoms with Gasteiger partial charge in [-0.3, -0.25) is 9.59 Å². The molecule has 2 heterocycles. The summed E-state index contributed by atoms with van der Waals surface area (Å²) in [6.45, 7) is 0. The van der Waals surface area contributed by atoms with Gasteiger partial charge in [0.15, 0.2) is 5.78 Å². The van der Waals surface area contributed by atoms with Gasteiger partial charge >= 0.3 is 5.69 Å². The van der Waals surface area contributed by atoms with Crippen LogP contribution in [0.15, 0.2) is 45.4 Å². The van der Waals surface area contributed by atoms with Gasteiger partial charge in [-0.25, -0.2) is 14.3 Å². The van der Waals surface area contributed by atoms with E-state index in [2.05, 4.69) is 9.97 Å². The molecular weight excluding hydrogens is 374 g/mol. The number of ketones is 1. The highest BCUT2D eigenvalue weighted by atomic mass is 32.1. The number of para-hydroxylation sites is 1. The number of hydrogen-bond donors (Lipinski definition) is 1. The lowest BCUT2D eigenvalue weighted by Gasteiger charge is -2.26. The number of rotatable bonds is 6. The average Bonchev–Trinajstić information content (AvgIpc) is 3.21. The lowest BCUT2D eigenvalue weighted by atomic mass is 9.83. The van der Waals surface area contributed by atoms with Gasteiger partial charge in [0.25, 0.3) is 5.56 Å². The minimum absolute atomic E-state index is 0.122. The zero-order chi connectivity index (χ0) is 19.5. The average molecular weight is 398 g/mol. The van der Waals surface area contributed by atoms with Gasteiger partial charge < -0.3 is 4.98 Å². The lowest BCUT2D eigenvalue weighted by Crippen LogP contribution is -2.42. The molecule has 0 bridgehead atoms. The van der Waals surface area contributed by atoms with Gasteiger partial charge in [0.1, 0.15) is 6.04 Å². The van der Waals surface area contributed by atoms with Crippen molar-refractivity contribution in [3.05, 3.63) is 61.7 Å². The number of hydrogen-bond acceptors (Lipinski definition) is 5. The molecule has 1 N–H and O–H groups in total. The molecule has 0 saturated heterocycles. The largest absolute Gasteiger partial charge is 0.329 e. The summed E-state index contributed by atoms with van der Waals surface area (Å²) < 4.78 is 1.15. The molecule has 0 amide bonds. The normalized spacial score (nSPS) is 16.3. The van der Waals surface area contributed by atoms with Gasteiger partial charge in [0, 0.05) is 11.6 Å². The Morgan fingerprint density at radius 2 is 2.00 bits per heavy atom. The van der Waals surface area contributed by atoms with E-state index < -0.39 is 17.3 Å². The molecule has 6 nitrogen and oxygen atoms in total. The van der Waals surface area contributed by atoms with E-state index in [0.29, 0.717) is 28.2 Å². The van der Waals surface area contributed by atoms with Crippen LogP contribution in [0.5, 0.6) is 0 Å². The van der Waals surface area contributed by atoms with Crippen molar-refractivity contribution < 1.29 is 4.79 Å². The summed E-state index contributed by atoms with van der Waals surface area (Å²) >= 11 is 1.42. The molecule has 4 rings (SSSR count). The molecule has 1 unspecified atom stereocenters. The molecule has 2 aromatic heterocycles. The van der Waals surface area contributed by atoms with E-state index in [9.17, 15) is 14.4 Å². The molecule has 0 spiro atoms. The van der Waals surface area contributed by atoms with E-state index in [4.69, 9.17) is 0 Å². The lowest BCUT2D eigenvalue weighted by molar-refractivity contribution is -0.122. The Labute approximate surface area is 166 Å². The third-order valence-corrected chi connectivity index (χ3v) is 6.39. The van der Waals surface area contributed by atoms with Crippen LogP contribution in [0.4, 0.5) is 0 Å². The van der Waals surface area contributed by atoms with E-state index in [1.165, 1.54) is 17.8 Å². The Bertz CT molecular complexity index is 1080. The van der Waals surface area contributed by atoms with Gasteiger partial charge in [0.2, 0.25) is 0 Å². The summed E-state index contributed by atoms with van der Waals surface area (Å²) in [5, 5.41) is 2.97. The third-order valence-electron chi connectivity index (χ3n) is 5.61. The van der Waals surface area contributed by atoms with Crippen molar-refractivity contribution in [1.29, 1.82) is 0 Å². The molecule has 146 valence electrons. The maximum absolute atomic E-state index is 13.2. The number of Topliss-reactive ketones (excluding diaryl/α,β-unsaturated/α-hetero) is 1. The molecule has 1 atom stereocenters. The van der Waals surface area contributed by atoms with Crippen molar-refractivity contribution in [2.45, 2.75) is 51.0 Å². The van der Waals surface area contributed by atoms with E-state index in [1.54, 1.807) is 30.5 Å². The van der Waals surface area contributed by atoms with Crippen LogP contribution in [-0.2, 0) is 11.2 Å². The molecule has 1 aliphatic carbocycles. The van der Waals surface area contributed by atoms with Crippen LogP contribution in [0.25, 0.3) is 10.9 Å². The first kappa shape index (κ1) is 18.8. The quantitative estimate of drug-likeness (QED) is 0.690. The van der Waals surface area contributed by atoms with E-state index >= 15 is 0 Å². The number of aromatic nitrogens is 3. The number of aromatic amines is 1. The van der Waals surface area contributed by atoms with Crippen molar-refractivity contribution >= 4 is 28.0 Å². The fraction of sp³-hybridized carbons (Fsp3) is 0.429. The maximum Gasteiger partial charge on any atom is 0.329 e. The van der Waals surface area contributed by atoms with Gasteiger partial charge in [-0.1, -0.05) is 44.2 Å². The molecule has 1 aliphatic rings. The standard InChI is InChI=1S/C21H23N3O3S/c25-18(13-19-22-10-11-28-19)17(12-14-6-2-1-3-7-14)24-20(26)15-8-4-5-9-16(15)23-21(24)27/h4-5,8-11,14,17H,1-3,6-7,12-13H2,(H,23,27). The van der Waals surface area contributed by atoms with Crippen molar-refractivity contribution in [1.82, 2.24) is 14.5 Å².